The van der Waals surface area contributed by atoms with Crippen LogP contribution in [0.2, 0.25) is 0 Å². The second-order valence-electron chi connectivity index (χ2n) is 4.43. The van der Waals surface area contributed by atoms with Crippen LogP contribution in [0.3, 0.4) is 0 Å². The van der Waals surface area contributed by atoms with Gasteiger partial charge in [0.2, 0.25) is 5.91 Å². The maximum Gasteiger partial charge on any atom is 0.288 e. The number of hydrogen-bond donors (Lipinski definition) is 2. The van der Waals surface area contributed by atoms with Crippen LogP contribution in [0.1, 0.15) is 6.42 Å². The highest BCUT2D eigenvalue weighted by molar-refractivity contribution is 9.10. The zero-order valence-electron chi connectivity index (χ0n) is 10.4. The number of nitrogens with two attached hydrogens (primary N) is 1. The Balaban J connectivity index is 2.18. The van der Waals surface area contributed by atoms with E-state index in [-0.39, 0.29) is 11.6 Å². The Morgan fingerprint density at radius 1 is 1.70 bits per heavy atom. The van der Waals surface area contributed by atoms with Crippen molar-refractivity contribution >= 4 is 33.3 Å². The van der Waals surface area contributed by atoms with Gasteiger partial charge < -0.3 is 15.8 Å². The zero-order valence-corrected chi connectivity index (χ0v) is 12.0. The van der Waals surface area contributed by atoms with Gasteiger partial charge in [-0.2, -0.15) is 0 Å². The molecule has 0 aromatic carbocycles. The number of hydrogen-bond acceptors (Lipinski definition) is 6. The molecular formula is C11H13BrN4O4. The molecule has 0 spiro atoms. The molecule has 1 fully saturated rings. The van der Waals surface area contributed by atoms with Crippen molar-refractivity contribution in [3.05, 3.63) is 26.9 Å². The number of aromatic nitrogens is 1. The summed E-state index contributed by atoms with van der Waals surface area (Å²) in [5, 5.41) is 13.6. The summed E-state index contributed by atoms with van der Waals surface area (Å²) in [4.78, 5) is 25.6. The van der Waals surface area contributed by atoms with Crippen molar-refractivity contribution in [1.29, 1.82) is 0 Å². The Morgan fingerprint density at radius 3 is 2.95 bits per heavy atom. The van der Waals surface area contributed by atoms with Gasteiger partial charge >= 0.3 is 0 Å². The molecule has 1 aliphatic rings. The summed E-state index contributed by atoms with van der Waals surface area (Å²) in [5.74, 6) is -0.199. The smallest absolute Gasteiger partial charge is 0.288 e. The molecule has 9 heteroatoms. The van der Waals surface area contributed by atoms with E-state index in [9.17, 15) is 14.9 Å². The number of amides is 1. The molecule has 0 aliphatic carbocycles. The predicted octanol–water partition coefficient (Wildman–Crippen LogP) is 1.05. The second-order valence-corrected chi connectivity index (χ2v) is 5.28. The molecule has 1 aromatic rings. The largest absolute Gasteiger partial charge is 0.381 e. The first-order valence-electron chi connectivity index (χ1n) is 5.92. The lowest BCUT2D eigenvalue weighted by atomic mass is 9.98. The topological polar surface area (TPSA) is 120 Å². The van der Waals surface area contributed by atoms with Gasteiger partial charge in [-0.05, 0) is 22.4 Å². The Kier molecular flexibility index (Phi) is 4.50. The first-order valence-corrected chi connectivity index (χ1v) is 6.72. The molecule has 0 radical (unpaired) electrons. The van der Waals surface area contributed by atoms with E-state index in [0.29, 0.717) is 23.5 Å². The summed E-state index contributed by atoms with van der Waals surface area (Å²) in [6, 6.07) is 0.696. The van der Waals surface area contributed by atoms with Gasteiger partial charge in [0.15, 0.2) is 0 Å². The van der Waals surface area contributed by atoms with E-state index >= 15 is 0 Å². The SMILES string of the molecule is NC(=O)[C@H](Nc1ncc([N+](=O)[O-])cc1Br)[C@@H]1CCOC1. The molecule has 0 bridgehead atoms. The van der Waals surface area contributed by atoms with Crippen LogP contribution in [0.25, 0.3) is 0 Å². The molecular weight excluding hydrogens is 332 g/mol. The number of nitrogens with one attached hydrogen (secondary N) is 1. The number of nitro groups is 1. The summed E-state index contributed by atoms with van der Waals surface area (Å²) in [6.07, 6.45) is 1.85. The van der Waals surface area contributed by atoms with Crippen molar-refractivity contribution in [1.82, 2.24) is 4.98 Å². The molecule has 8 nitrogen and oxygen atoms in total. The van der Waals surface area contributed by atoms with Crippen LogP contribution in [0.4, 0.5) is 11.5 Å². The minimum atomic E-state index is -0.622. The average Bonchev–Trinajstić information content (AvgIpc) is 2.90. The summed E-state index contributed by atoms with van der Waals surface area (Å²) in [7, 11) is 0. The molecule has 3 N–H and O–H groups in total. The van der Waals surface area contributed by atoms with Crippen LogP contribution in [-0.4, -0.2) is 35.1 Å². The van der Waals surface area contributed by atoms with E-state index in [4.69, 9.17) is 10.5 Å². The Bertz CT molecular complexity index is 533. The first kappa shape index (κ1) is 14.7. The van der Waals surface area contributed by atoms with Crippen molar-refractivity contribution in [2.75, 3.05) is 18.5 Å². The van der Waals surface area contributed by atoms with Crippen LogP contribution in [0, 0.1) is 16.0 Å². The van der Waals surface area contributed by atoms with E-state index in [2.05, 4.69) is 26.2 Å². The molecule has 1 amide bonds. The van der Waals surface area contributed by atoms with E-state index in [0.717, 1.165) is 12.6 Å². The molecule has 2 heterocycles. The number of nitrogens with zero attached hydrogens (tertiary/aromatic N) is 2. The van der Waals surface area contributed by atoms with Gasteiger partial charge in [-0.1, -0.05) is 0 Å². The van der Waals surface area contributed by atoms with Crippen LogP contribution < -0.4 is 11.1 Å². The quantitative estimate of drug-likeness (QED) is 0.608. The molecule has 1 aliphatic heterocycles. The third-order valence-corrected chi connectivity index (χ3v) is 3.68. The van der Waals surface area contributed by atoms with Crippen molar-refractivity contribution in [3.8, 4) is 0 Å². The van der Waals surface area contributed by atoms with Gasteiger partial charge in [-0.15, -0.1) is 0 Å². The van der Waals surface area contributed by atoms with E-state index in [1.165, 1.54) is 6.07 Å². The minimum absolute atomic E-state index is 0.0311. The Hall–Kier alpha value is -1.74. The number of halogens is 1. The van der Waals surface area contributed by atoms with Gasteiger partial charge in [0, 0.05) is 18.6 Å². The molecule has 1 aromatic heterocycles. The zero-order chi connectivity index (χ0) is 14.7. The lowest BCUT2D eigenvalue weighted by Gasteiger charge is -2.21. The van der Waals surface area contributed by atoms with Crippen molar-refractivity contribution in [2.24, 2.45) is 11.7 Å². The summed E-state index contributed by atoms with van der Waals surface area (Å²) in [5.41, 5.74) is 5.25. The summed E-state index contributed by atoms with van der Waals surface area (Å²) >= 11 is 3.19. The molecule has 0 saturated carbocycles. The Morgan fingerprint density at radius 2 is 2.45 bits per heavy atom. The third kappa shape index (κ3) is 3.23. The summed E-state index contributed by atoms with van der Waals surface area (Å²) in [6.45, 7) is 1.04. The number of carbonyl (C=O) groups excluding carboxylic acids is 1. The highest BCUT2D eigenvalue weighted by atomic mass is 79.9. The third-order valence-electron chi connectivity index (χ3n) is 3.07. The van der Waals surface area contributed by atoms with Crippen LogP contribution in [-0.2, 0) is 9.53 Å². The number of carbonyl (C=O) groups is 1. The lowest BCUT2D eigenvalue weighted by Crippen LogP contribution is -2.42. The molecule has 1 saturated heterocycles. The number of ether oxygens (including phenoxy) is 1. The number of rotatable bonds is 5. The highest BCUT2D eigenvalue weighted by Crippen LogP contribution is 2.27. The summed E-state index contributed by atoms with van der Waals surface area (Å²) < 4.78 is 5.64. The second kappa shape index (κ2) is 6.14. The normalized spacial score (nSPS) is 19.6. The van der Waals surface area contributed by atoms with E-state index < -0.39 is 16.9 Å². The predicted molar refractivity (Wildman–Crippen MR) is 74.1 cm³/mol. The van der Waals surface area contributed by atoms with E-state index in [1.807, 2.05) is 0 Å². The first-order chi connectivity index (χ1) is 9.49. The monoisotopic (exact) mass is 344 g/mol. The Labute approximate surface area is 123 Å². The molecule has 108 valence electrons. The van der Waals surface area contributed by atoms with Gasteiger partial charge in [-0.3, -0.25) is 14.9 Å². The lowest BCUT2D eigenvalue weighted by molar-refractivity contribution is -0.385. The average molecular weight is 345 g/mol. The van der Waals surface area contributed by atoms with Crippen LogP contribution in [0.5, 0.6) is 0 Å². The van der Waals surface area contributed by atoms with Crippen molar-refractivity contribution in [2.45, 2.75) is 12.5 Å². The van der Waals surface area contributed by atoms with Crippen LogP contribution >= 0.6 is 15.9 Å². The number of pyridine rings is 1. The fourth-order valence-electron chi connectivity index (χ4n) is 2.02. The van der Waals surface area contributed by atoms with E-state index in [1.54, 1.807) is 0 Å². The highest BCUT2D eigenvalue weighted by Gasteiger charge is 2.30. The number of primary amides is 1. The van der Waals surface area contributed by atoms with Gasteiger partial charge in [0.05, 0.1) is 16.0 Å². The van der Waals surface area contributed by atoms with Gasteiger partial charge in [-0.25, -0.2) is 4.98 Å². The molecule has 0 unspecified atom stereocenters. The van der Waals surface area contributed by atoms with Crippen molar-refractivity contribution < 1.29 is 14.5 Å². The molecule has 20 heavy (non-hydrogen) atoms. The fraction of sp³-hybridized carbons (Fsp3) is 0.455. The van der Waals surface area contributed by atoms with Crippen molar-refractivity contribution in [3.63, 3.8) is 0 Å². The molecule has 2 atom stereocenters. The maximum atomic E-state index is 11.5. The fourth-order valence-corrected chi connectivity index (χ4v) is 2.47. The molecule has 2 rings (SSSR count). The standard InChI is InChI=1S/C11H13BrN4O4/c12-8-3-7(16(18)19)4-14-11(8)15-9(10(13)17)6-1-2-20-5-6/h3-4,6,9H,1-2,5H2,(H2,13,17)(H,14,15)/t6-,9-/m1/s1. The number of anilines is 1. The van der Waals surface area contributed by atoms with Gasteiger partial charge in [0.25, 0.3) is 5.69 Å². The van der Waals surface area contributed by atoms with Crippen LogP contribution in [0.15, 0.2) is 16.7 Å². The maximum absolute atomic E-state index is 11.5. The minimum Gasteiger partial charge on any atom is -0.381 e. The van der Waals surface area contributed by atoms with Gasteiger partial charge in [0.1, 0.15) is 18.1 Å².